The highest BCUT2D eigenvalue weighted by molar-refractivity contribution is 9.11. The highest BCUT2D eigenvalue weighted by Crippen LogP contribution is 2.11. The summed E-state index contributed by atoms with van der Waals surface area (Å²) >= 11 is 3.30. The van der Waals surface area contributed by atoms with Gasteiger partial charge in [-0.05, 0) is 17.8 Å². The molecule has 16 heavy (non-hydrogen) atoms. The molecule has 0 rings (SSSR count). The van der Waals surface area contributed by atoms with E-state index in [0.29, 0.717) is 0 Å². The number of rotatable bonds is 12. The van der Waals surface area contributed by atoms with Crippen molar-refractivity contribution in [2.75, 3.05) is 0 Å². The molecule has 0 saturated heterocycles. The number of unbranched alkanes of at least 4 members (excludes halogenated alkanes) is 11. The number of halogens is 1. The fraction of sp³-hybridized carbons (Fsp3) is 0.867. The summed E-state index contributed by atoms with van der Waals surface area (Å²) in [6.07, 6.45) is 19.2. The molecule has 0 heterocycles. The highest BCUT2D eigenvalue weighted by Gasteiger charge is 1.92. The van der Waals surface area contributed by atoms with Crippen molar-refractivity contribution in [2.45, 2.75) is 84.0 Å². The molecular weight excluding hydrogens is 260 g/mol. The van der Waals surface area contributed by atoms with E-state index in [4.69, 9.17) is 0 Å². The largest absolute Gasteiger partial charge is 0.0776 e. The van der Waals surface area contributed by atoms with E-state index in [0.717, 1.165) is 0 Å². The van der Waals surface area contributed by atoms with Crippen LogP contribution in [-0.4, -0.2) is 0 Å². The van der Waals surface area contributed by atoms with Crippen LogP contribution in [0, 0.1) is 0 Å². The van der Waals surface area contributed by atoms with Crippen molar-refractivity contribution in [1.82, 2.24) is 0 Å². The molecule has 0 N–H and O–H groups in total. The minimum Gasteiger partial charge on any atom is -0.0776 e. The van der Waals surface area contributed by atoms with Crippen molar-refractivity contribution in [2.24, 2.45) is 0 Å². The fourth-order valence-electron chi connectivity index (χ4n) is 1.99. The van der Waals surface area contributed by atoms with Gasteiger partial charge in [0.25, 0.3) is 0 Å². The van der Waals surface area contributed by atoms with E-state index in [-0.39, 0.29) is 0 Å². The van der Waals surface area contributed by atoms with Crippen LogP contribution in [0.15, 0.2) is 11.1 Å². The predicted octanol–water partition coefficient (Wildman–Crippen LogP) is 6.60. The van der Waals surface area contributed by atoms with Crippen LogP contribution in [0.1, 0.15) is 84.0 Å². The van der Waals surface area contributed by atoms with Gasteiger partial charge in [0.05, 0.1) is 0 Å². The molecule has 0 unspecified atom stereocenters. The van der Waals surface area contributed by atoms with Crippen LogP contribution in [0.5, 0.6) is 0 Å². The van der Waals surface area contributed by atoms with Crippen LogP contribution in [0.2, 0.25) is 0 Å². The molecule has 1 heteroatoms. The van der Waals surface area contributed by atoms with Gasteiger partial charge in [-0.3, -0.25) is 0 Å². The molecule has 0 aliphatic heterocycles. The Kier molecular flexibility index (Phi) is 15.4. The second kappa shape index (κ2) is 15.2. The van der Waals surface area contributed by atoms with E-state index in [9.17, 15) is 0 Å². The highest BCUT2D eigenvalue weighted by atomic mass is 79.9. The summed E-state index contributed by atoms with van der Waals surface area (Å²) < 4.78 is 0. The lowest BCUT2D eigenvalue weighted by Gasteiger charge is -2.01. The number of hydrogen-bond acceptors (Lipinski definition) is 0. The van der Waals surface area contributed by atoms with Crippen LogP contribution in [0.25, 0.3) is 0 Å². The van der Waals surface area contributed by atoms with Gasteiger partial charge < -0.3 is 0 Å². The van der Waals surface area contributed by atoms with Gasteiger partial charge in [0, 0.05) is 0 Å². The normalized spacial score (nSPS) is 11.4. The molecule has 0 aliphatic rings. The van der Waals surface area contributed by atoms with Crippen LogP contribution < -0.4 is 0 Å². The summed E-state index contributed by atoms with van der Waals surface area (Å²) in [6, 6.07) is 0. The van der Waals surface area contributed by atoms with Gasteiger partial charge in [0.1, 0.15) is 0 Å². The number of allylic oxidation sites excluding steroid dienone is 1. The van der Waals surface area contributed by atoms with E-state index in [1.807, 2.05) is 4.99 Å². The maximum absolute atomic E-state index is 3.30. The van der Waals surface area contributed by atoms with Crippen LogP contribution in [0.4, 0.5) is 0 Å². The van der Waals surface area contributed by atoms with Gasteiger partial charge in [-0.2, -0.15) is 0 Å². The smallest absolute Gasteiger partial charge is 0.0229 e. The zero-order valence-electron chi connectivity index (χ0n) is 11.0. The van der Waals surface area contributed by atoms with Crippen LogP contribution >= 0.6 is 15.9 Å². The first-order valence-electron chi connectivity index (χ1n) is 7.17. The van der Waals surface area contributed by atoms with E-state index < -0.39 is 0 Å². The molecule has 0 aliphatic carbocycles. The zero-order valence-corrected chi connectivity index (χ0v) is 12.6. The van der Waals surface area contributed by atoms with Gasteiger partial charge in [0.2, 0.25) is 0 Å². The van der Waals surface area contributed by atoms with E-state index in [1.165, 1.54) is 77.0 Å². The summed E-state index contributed by atoms with van der Waals surface area (Å²) in [5.74, 6) is 0. The summed E-state index contributed by atoms with van der Waals surface area (Å²) in [6.45, 7) is 2.28. The lowest BCUT2D eigenvalue weighted by Crippen LogP contribution is -1.81. The van der Waals surface area contributed by atoms with Gasteiger partial charge in [-0.1, -0.05) is 93.1 Å². The van der Waals surface area contributed by atoms with Crippen molar-refractivity contribution in [3.8, 4) is 0 Å². The molecule has 0 bridgehead atoms. The van der Waals surface area contributed by atoms with Crippen LogP contribution in [-0.2, 0) is 0 Å². The molecule has 0 nitrogen and oxygen atoms in total. The third-order valence-electron chi connectivity index (χ3n) is 3.06. The quantitative estimate of drug-likeness (QED) is 0.355. The van der Waals surface area contributed by atoms with Crippen molar-refractivity contribution >= 4 is 15.9 Å². The second-order valence-corrected chi connectivity index (χ2v) is 5.21. The molecule has 0 atom stereocenters. The second-order valence-electron chi connectivity index (χ2n) is 4.69. The molecular formula is C15H29Br. The summed E-state index contributed by atoms with van der Waals surface area (Å²) in [5.41, 5.74) is 0. The standard InChI is InChI=1S/C15H29Br/c1-2-3-4-5-6-7-8-9-10-11-12-13-14-15-16/h14-15H,2-13H2,1H3. The summed E-state index contributed by atoms with van der Waals surface area (Å²) in [7, 11) is 0. The van der Waals surface area contributed by atoms with Gasteiger partial charge in [0.15, 0.2) is 0 Å². The topological polar surface area (TPSA) is 0 Å². The maximum atomic E-state index is 3.30. The lowest BCUT2D eigenvalue weighted by atomic mass is 10.1. The lowest BCUT2D eigenvalue weighted by molar-refractivity contribution is 0.550. The molecule has 0 aromatic carbocycles. The Morgan fingerprint density at radius 2 is 1.12 bits per heavy atom. The summed E-state index contributed by atoms with van der Waals surface area (Å²) in [5, 5.41) is 0. The van der Waals surface area contributed by atoms with Crippen molar-refractivity contribution < 1.29 is 0 Å². The van der Waals surface area contributed by atoms with Gasteiger partial charge in [-0.25, -0.2) is 0 Å². The Morgan fingerprint density at radius 1 is 0.688 bits per heavy atom. The molecule has 0 spiro atoms. The maximum Gasteiger partial charge on any atom is -0.0229 e. The van der Waals surface area contributed by atoms with E-state index in [1.54, 1.807) is 0 Å². The van der Waals surface area contributed by atoms with Crippen molar-refractivity contribution in [3.63, 3.8) is 0 Å². The zero-order chi connectivity index (χ0) is 11.9. The fourth-order valence-corrected chi connectivity index (χ4v) is 2.25. The Hall–Kier alpha value is 0.220. The Labute approximate surface area is 111 Å². The Balaban J connectivity index is 2.88. The van der Waals surface area contributed by atoms with E-state index in [2.05, 4.69) is 28.9 Å². The first kappa shape index (κ1) is 16.2. The SMILES string of the molecule is CCCCCCCCCCCCCC=CBr. The average Bonchev–Trinajstić information content (AvgIpc) is 2.31. The van der Waals surface area contributed by atoms with Crippen LogP contribution in [0.3, 0.4) is 0 Å². The molecule has 0 amide bonds. The molecule has 0 saturated carbocycles. The third-order valence-corrected chi connectivity index (χ3v) is 3.44. The first-order chi connectivity index (χ1) is 7.91. The van der Waals surface area contributed by atoms with Crippen molar-refractivity contribution in [3.05, 3.63) is 11.1 Å². The molecule has 0 aromatic heterocycles. The molecule has 0 aromatic rings. The molecule has 0 fully saturated rings. The minimum absolute atomic E-state index is 1.24. The average molecular weight is 289 g/mol. The van der Waals surface area contributed by atoms with E-state index >= 15 is 0 Å². The minimum atomic E-state index is 1.24. The summed E-state index contributed by atoms with van der Waals surface area (Å²) in [4.78, 5) is 1.98. The first-order valence-corrected chi connectivity index (χ1v) is 8.08. The third kappa shape index (κ3) is 14.2. The number of hydrogen-bond donors (Lipinski definition) is 0. The molecule has 96 valence electrons. The monoisotopic (exact) mass is 288 g/mol. The van der Waals surface area contributed by atoms with Crippen molar-refractivity contribution in [1.29, 1.82) is 0 Å². The molecule has 0 radical (unpaired) electrons. The Morgan fingerprint density at radius 3 is 1.56 bits per heavy atom. The predicted molar refractivity (Wildman–Crippen MR) is 79.1 cm³/mol. The van der Waals surface area contributed by atoms with Gasteiger partial charge in [-0.15, -0.1) is 0 Å². The van der Waals surface area contributed by atoms with Gasteiger partial charge >= 0.3 is 0 Å². The Bertz CT molecular complexity index is 140.